The minimum atomic E-state index is -0.281. The molecule has 1 saturated carbocycles. The number of methoxy groups -OCH3 is 1. The second kappa shape index (κ2) is 10.0. The van der Waals surface area contributed by atoms with Gasteiger partial charge in [0.15, 0.2) is 0 Å². The highest BCUT2D eigenvalue weighted by Crippen LogP contribution is 2.57. The van der Waals surface area contributed by atoms with E-state index in [0.29, 0.717) is 5.41 Å². The highest BCUT2D eigenvalue weighted by Gasteiger charge is 2.59. The van der Waals surface area contributed by atoms with E-state index >= 15 is 0 Å². The van der Waals surface area contributed by atoms with E-state index in [1.165, 1.54) is 81.9 Å². The summed E-state index contributed by atoms with van der Waals surface area (Å²) in [6.07, 6.45) is 3.98. The average Bonchev–Trinajstić information content (AvgIpc) is 3.22. The Bertz CT molecular complexity index is 2210. The Hall–Kier alpha value is -5.00. The summed E-state index contributed by atoms with van der Waals surface area (Å²) in [5, 5.41) is 16.8. The summed E-state index contributed by atoms with van der Waals surface area (Å²) in [5.74, 6) is 0.853. The first kappa shape index (κ1) is 27.3. The van der Waals surface area contributed by atoms with Crippen molar-refractivity contribution in [2.75, 3.05) is 20.2 Å². The molecule has 2 spiro atoms. The van der Waals surface area contributed by atoms with E-state index in [1.54, 1.807) is 19.2 Å². The summed E-state index contributed by atoms with van der Waals surface area (Å²) >= 11 is 0. The summed E-state index contributed by atoms with van der Waals surface area (Å²) in [5.41, 5.74) is 10.4. The van der Waals surface area contributed by atoms with Crippen molar-refractivity contribution in [3.05, 3.63) is 130 Å². The van der Waals surface area contributed by atoms with Gasteiger partial charge >= 0.3 is 0 Å². The molecule has 0 aromatic heterocycles. The molecule has 2 fully saturated rings. The van der Waals surface area contributed by atoms with Crippen LogP contribution in [0.2, 0.25) is 0 Å². The third-order valence-corrected chi connectivity index (χ3v) is 11.1. The zero-order chi connectivity index (χ0) is 31.0. The normalized spacial score (nSPS) is 17.2. The largest absolute Gasteiger partial charge is 0.497 e. The minimum absolute atomic E-state index is 0.127. The Morgan fingerprint density at radius 2 is 1.28 bits per heavy atom. The molecule has 3 aliphatic rings. The molecule has 46 heavy (non-hydrogen) atoms. The molecule has 0 radical (unpaired) electrons. The molecule has 0 N–H and O–H groups in total. The molecule has 0 unspecified atom stereocenters. The topological polar surface area (TPSA) is 52.4 Å². The van der Waals surface area contributed by atoms with Crippen LogP contribution in [0, 0.1) is 15.5 Å². The first-order valence-electron chi connectivity index (χ1n) is 16.3. The molecule has 6 aromatic carbocycles. The van der Waals surface area contributed by atoms with Gasteiger partial charge in [-0.2, -0.15) is 0 Å². The molecular weight excluding hydrogens is 568 g/mol. The van der Waals surface area contributed by atoms with Crippen LogP contribution >= 0.6 is 0 Å². The number of ether oxygens (including phenoxy) is 1. The lowest BCUT2D eigenvalue weighted by Crippen LogP contribution is -2.70. The zero-order valence-corrected chi connectivity index (χ0v) is 26.0. The van der Waals surface area contributed by atoms with Gasteiger partial charge in [-0.15, -0.1) is 0 Å². The highest BCUT2D eigenvalue weighted by molar-refractivity contribution is 6.12. The number of quaternary nitrogens is 1. The van der Waals surface area contributed by atoms with Gasteiger partial charge in [0.05, 0.1) is 30.5 Å². The van der Waals surface area contributed by atoms with Crippen LogP contribution < -0.4 is 4.74 Å². The molecule has 226 valence electrons. The van der Waals surface area contributed by atoms with Gasteiger partial charge < -0.3 is 9.22 Å². The number of nitro benzene ring substituents is 1. The van der Waals surface area contributed by atoms with Gasteiger partial charge in [-0.05, 0) is 80.9 Å². The first-order valence-corrected chi connectivity index (χ1v) is 16.3. The summed E-state index contributed by atoms with van der Waals surface area (Å²) in [6, 6.07) is 37.9. The van der Waals surface area contributed by atoms with E-state index < -0.39 is 0 Å². The van der Waals surface area contributed by atoms with Crippen LogP contribution in [0.5, 0.6) is 5.75 Å². The first-order chi connectivity index (χ1) is 22.4. The Labute approximate surface area is 268 Å². The second-order valence-electron chi connectivity index (χ2n) is 13.9. The van der Waals surface area contributed by atoms with Crippen LogP contribution in [0.25, 0.3) is 54.9 Å². The SMILES string of the molecule is COc1ccc(-c2cc3ccccc3c3c2C[N+]2(Cc4c(-c5cccc([N+](=O)[O-])c5)cc5ccccc5c4-3)CC3(CCC3)C2)cc1. The van der Waals surface area contributed by atoms with Gasteiger partial charge in [0.2, 0.25) is 0 Å². The molecular formula is C41H35N2O3+. The van der Waals surface area contributed by atoms with Gasteiger partial charge in [-0.3, -0.25) is 10.1 Å². The zero-order valence-electron chi connectivity index (χ0n) is 26.0. The quantitative estimate of drug-likeness (QED) is 0.114. The Balaban J connectivity index is 1.41. The predicted octanol–water partition coefficient (Wildman–Crippen LogP) is 9.93. The summed E-state index contributed by atoms with van der Waals surface area (Å²) in [7, 11) is 1.71. The van der Waals surface area contributed by atoms with Crippen molar-refractivity contribution in [1.29, 1.82) is 0 Å². The lowest BCUT2D eigenvalue weighted by molar-refractivity contribution is -1.01. The van der Waals surface area contributed by atoms with Crippen molar-refractivity contribution in [3.8, 4) is 39.1 Å². The van der Waals surface area contributed by atoms with Crippen LogP contribution in [-0.2, 0) is 13.1 Å². The van der Waals surface area contributed by atoms with Crippen molar-refractivity contribution in [3.63, 3.8) is 0 Å². The van der Waals surface area contributed by atoms with Gasteiger partial charge in [-0.25, -0.2) is 0 Å². The molecule has 5 nitrogen and oxygen atoms in total. The number of nitrogens with zero attached hydrogens (tertiary/aromatic N) is 2. The smallest absolute Gasteiger partial charge is 0.270 e. The van der Waals surface area contributed by atoms with Gasteiger partial charge in [0, 0.05) is 34.4 Å². The van der Waals surface area contributed by atoms with E-state index in [4.69, 9.17) is 4.74 Å². The number of hydrogen-bond donors (Lipinski definition) is 0. The summed E-state index contributed by atoms with van der Waals surface area (Å²) in [4.78, 5) is 11.6. The van der Waals surface area contributed by atoms with Crippen molar-refractivity contribution >= 4 is 27.2 Å². The van der Waals surface area contributed by atoms with Crippen molar-refractivity contribution in [2.24, 2.45) is 5.41 Å². The van der Waals surface area contributed by atoms with Gasteiger partial charge in [0.1, 0.15) is 18.8 Å². The monoisotopic (exact) mass is 603 g/mol. The molecule has 0 bridgehead atoms. The number of fused-ring (bicyclic) bond motifs is 7. The van der Waals surface area contributed by atoms with E-state index in [2.05, 4.69) is 84.9 Å². The summed E-state index contributed by atoms with van der Waals surface area (Å²) < 4.78 is 6.55. The standard InChI is InChI=1S/C41H35N2O3/c1-46-32-16-14-27(15-17-32)35-21-29-8-2-4-12-33(29)39-37(35)23-43(25-41(26-43)18-7-19-41)24-38-36(28-10-6-11-31(20-28)42(44)45)22-30-9-3-5-13-34(30)40(38)39/h2-6,8-17,20-22H,7,18-19,23-26H2,1H3/q+1. The number of hydrogen-bond acceptors (Lipinski definition) is 3. The third-order valence-electron chi connectivity index (χ3n) is 11.1. The minimum Gasteiger partial charge on any atom is -0.497 e. The van der Waals surface area contributed by atoms with Gasteiger partial charge in [0.25, 0.3) is 5.69 Å². The molecule has 5 heteroatoms. The van der Waals surface area contributed by atoms with Crippen molar-refractivity contribution < 1.29 is 14.1 Å². The van der Waals surface area contributed by atoms with Crippen molar-refractivity contribution in [2.45, 2.75) is 32.4 Å². The number of nitro groups is 1. The fourth-order valence-electron chi connectivity index (χ4n) is 9.07. The summed E-state index contributed by atoms with van der Waals surface area (Å²) in [6.45, 7) is 4.23. The average molecular weight is 604 g/mol. The molecule has 1 saturated heterocycles. The number of non-ortho nitro benzene ring substituents is 1. The van der Waals surface area contributed by atoms with Crippen LogP contribution in [0.4, 0.5) is 5.69 Å². The molecule has 2 aliphatic heterocycles. The lowest BCUT2D eigenvalue weighted by Gasteiger charge is -2.61. The second-order valence-corrected chi connectivity index (χ2v) is 13.9. The molecule has 6 aromatic rings. The van der Waals surface area contributed by atoms with E-state index in [9.17, 15) is 10.1 Å². The fraction of sp³-hybridized carbons (Fsp3) is 0.220. The maximum Gasteiger partial charge on any atom is 0.270 e. The van der Waals surface area contributed by atoms with Crippen LogP contribution in [0.1, 0.15) is 30.4 Å². The van der Waals surface area contributed by atoms with E-state index in [0.717, 1.165) is 39.8 Å². The highest BCUT2D eigenvalue weighted by atomic mass is 16.6. The third kappa shape index (κ3) is 4.11. The molecule has 9 rings (SSSR count). The lowest BCUT2D eigenvalue weighted by atomic mass is 9.62. The van der Waals surface area contributed by atoms with Gasteiger partial charge in [-0.1, -0.05) is 79.2 Å². The molecule has 0 amide bonds. The van der Waals surface area contributed by atoms with Crippen LogP contribution in [-0.4, -0.2) is 29.6 Å². The molecule has 1 aliphatic carbocycles. The predicted molar refractivity (Wildman–Crippen MR) is 185 cm³/mol. The maximum atomic E-state index is 11.9. The Morgan fingerprint density at radius 1 is 0.696 bits per heavy atom. The van der Waals surface area contributed by atoms with Crippen molar-refractivity contribution in [1.82, 2.24) is 0 Å². The maximum absolute atomic E-state index is 11.9. The Morgan fingerprint density at radius 3 is 1.83 bits per heavy atom. The fourth-order valence-corrected chi connectivity index (χ4v) is 9.07. The molecule has 2 heterocycles. The van der Waals surface area contributed by atoms with Crippen LogP contribution in [0.15, 0.2) is 109 Å². The van der Waals surface area contributed by atoms with E-state index in [1.807, 2.05) is 12.1 Å². The Kier molecular flexibility index (Phi) is 5.94. The van der Waals surface area contributed by atoms with Crippen LogP contribution in [0.3, 0.4) is 0 Å². The van der Waals surface area contributed by atoms with E-state index in [-0.39, 0.29) is 10.6 Å². The number of rotatable bonds is 4. The number of benzene rings is 6. The molecule has 0 atom stereocenters.